The lowest BCUT2D eigenvalue weighted by atomic mass is 10.0. The van der Waals surface area contributed by atoms with E-state index in [4.69, 9.17) is 17.0 Å². The minimum absolute atomic E-state index is 0.115. The Balaban J connectivity index is 1.80. The number of aryl methyl sites for hydroxylation is 1. The Bertz CT molecular complexity index is 910. The molecule has 1 heterocycles. The quantitative estimate of drug-likeness (QED) is 0.673. The number of hydrogen-bond donors (Lipinski definition) is 2. The number of pyridine rings is 1. The van der Waals surface area contributed by atoms with E-state index in [1.54, 1.807) is 13.3 Å². The summed E-state index contributed by atoms with van der Waals surface area (Å²) in [7, 11) is 1.65. The molecule has 1 unspecified atom stereocenters. The molecule has 0 radical (unpaired) electrons. The molecule has 0 saturated heterocycles. The minimum Gasteiger partial charge on any atom is -0.494 e. The standard InChI is InChI=1S/C20H21N3OS/c1-13-7-4-5-8-15(13)14(2)22-20(25)23-17-10-11-18(24-3)19-16(17)9-6-12-21-19/h4-12,14H,1-3H3,(H2,22,23,25). The summed E-state index contributed by atoms with van der Waals surface area (Å²) in [6, 6.07) is 16.2. The van der Waals surface area contributed by atoms with Gasteiger partial charge in [0, 0.05) is 17.3 Å². The van der Waals surface area contributed by atoms with Crippen LogP contribution in [0.1, 0.15) is 24.1 Å². The van der Waals surface area contributed by atoms with Gasteiger partial charge >= 0.3 is 0 Å². The van der Waals surface area contributed by atoms with E-state index < -0.39 is 0 Å². The van der Waals surface area contributed by atoms with Crippen LogP contribution in [0.4, 0.5) is 5.69 Å². The molecule has 5 heteroatoms. The molecule has 0 saturated carbocycles. The zero-order valence-corrected chi connectivity index (χ0v) is 15.4. The van der Waals surface area contributed by atoms with Crippen molar-refractivity contribution in [1.29, 1.82) is 0 Å². The third-order valence-corrected chi connectivity index (χ3v) is 4.42. The summed E-state index contributed by atoms with van der Waals surface area (Å²) in [6.07, 6.45) is 1.76. The number of aromatic nitrogens is 1. The van der Waals surface area contributed by atoms with Crippen LogP contribution in [-0.2, 0) is 0 Å². The van der Waals surface area contributed by atoms with Gasteiger partial charge in [0.05, 0.1) is 13.2 Å². The van der Waals surface area contributed by atoms with Crippen LogP contribution in [-0.4, -0.2) is 17.2 Å². The molecule has 25 heavy (non-hydrogen) atoms. The first kappa shape index (κ1) is 17.2. The Morgan fingerprint density at radius 1 is 1.12 bits per heavy atom. The molecule has 0 aliphatic rings. The van der Waals surface area contributed by atoms with Crippen molar-refractivity contribution in [2.75, 3.05) is 12.4 Å². The van der Waals surface area contributed by atoms with E-state index in [-0.39, 0.29) is 6.04 Å². The highest BCUT2D eigenvalue weighted by atomic mass is 32.1. The highest BCUT2D eigenvalue weighted by Crippen LogP contribution is 2.29. The second-order valence-electron chi connectivity index (χ2n) is 5.89. The van der Waals surface area contributed by atoms with E-state index in [0.717, 1.165) is 22.3 Å². The molecule has 3 aromatic rings. The lowest BCUT2D eigenvalue weighted by Crippen LogP contribution is -2.31. The smallest absolute Gasteiger partial charge is 0.171 e. The highest BCUT2D eigenvalue weighted by Gasteiger charge is 2.11. The van der Waals surface area contributed by atoms with Gasteiger partial charge in [0.2, 0.25) is 0 Å². The van der Waals surface area contributed by atoms with E-state index in [9.17, 15) is 0 Å². The van der Waals surface area contributed by atoms with Crippen LogP contribution in [0.3, 0.4) is 0 Å². The monoisotopic (exact) mass is 351 g/mol. The van der Waals surface area contributed by atoms with Gasteiger partial charge in [-0.2, -0.15) is 0 Å². The molecule has 0 bridgehead atoms. The van der Waals surface area contributed by atoms with Gasteiger partial charge in [0.25, 0.3) is 0 Å². The first-order chi connectivity index (χ1) is 12.1. The van der Waals surface area contributed by atoms with Crippen LogP contribution in [0.25, 0.3) is 10.9 Å². The lowest BCUT2D eigenvalue weighted by Gasteiger charge is -2.20. The van der Waals surface area contributed by atoms with E-state index in [0.29, 0.717) is 5.11 Å². The molecule has 4 nitrogen and oxygen atoms in total. The summed E-state index contributed by atoms with van der Waals surface area (Å²) in [5, 5.41) is 8.17. The van der Waals surface area contributed by atoms with Crippen LogP contribution >= 0.6 is 12.2 Å². The number of ether oxygens (including phenoxy) is 1. The second kappa shape index (κ2) is 7.49. The zero-order valence-electron chi connectivity index (χ0n) is 14.5. The fourth-order valence-corrected chi connectivity index (χ4v) is 3.21. The van der Waals surface area contributed by atoms with Gasteiger partial charge in [-0.15, -0.1) is 0 Å². The number of fused-ring (bicyclic) bond motifs is 1. The molecule has 1 aromatic heterocycles. The van der Waals surface area contributed by atoms with Crippen molar-refractivity contribution >= 4 is 33.9 Å². The van der Waals surface area contributed by atoms with Crippen molar-refractivity contribution in [1.82, 2.24) is 10.3 Å². The number of nitrogens with one attached hydrogen (secondary N) is 2. The Labute approximate surface area is 153 Å². The summed E-state index contributed by atoms with van der Waals surface area (Å²) >= 11 is 5.51. The van der Waals surface area contributed by atoms with E-state index >= 15 is 0 Å². The average Bonchev–Trinajstić information content (AvgIpc) is 2.62. The van der Waals surface area contributed by atoms with Crippen molar-refractivity contribution in [3.05, 3.63) is 65.9 Å². The summed E-state index contributed by atoms with van der Waals surface area (Å²) in [6.45, 7) is 4.20. The Morgan fingerprint density at radius 3 is 2.68 bits per heavy atom. The molecule has 3 rings (SSSR count). The maximum absolute atomic E-state index is 5.51. The fourth-order valence-electron chi connectivity index (χ4n) is 2.93. The average molecular weight is 351 g/mol. The molecule has 128 valence electrons. The molecule has 2 aromatic carbocycles. The Morgan fingerprint density at radius 2 is 1.92 bits per heavy atom. The normalized spacial score (nSPS) is 11.8. The van der Waals surface area contributed by atoms with Gasteiger partial charge in [-0.05, 0) is 61.5 Å². The predicted molar refractivity (Wildman–Crippen MR) is 107 cm³/mol. The first-order valence-electron chi connectivity index (χ1n) is 8.15. The van der Waals surface area contributed by atoms with Gasteiger partial charge in [0.1, 0.15) is 11.3 Å². The van der Waals surface area contributed by atoms with Crippen molar-refractivity contribution in [3.8, 4) is 5.75 Å². The van der Waals surface area contributed by atoms with Gasteiger partial charge in [-0.25, -0.2) is 0 Å². The van der Waals surface area contributed by atoms with Crippen molar-refractivity contribution < 1.29 is 4.74 Å². The predicted octanol–water partition coefficient (Wildman–Crippen LogP) is 4.60. The number of nitrogens with zero attached hydrogens (tertiary/aromatic N) is 1. The zero-order chi connectivity index (χ0) is 17.8. The summed E-state index contributed by atoms with van der Waals surface area (Å²) in [4.78, 5) is 4.41. The third-order valence-electron chi connectivity index (χ3n) is 4.20. The molecule has 0 aliphatic carbocycles. The number of thiocarbonyl (C=S) groups is 1. The number of benzene rings is 2. The summed E-state index contributed by atoms with van der Waals surface area (Å²) in [5.74, 6) is 0.744. The Hall–Kier alpha value is -2.66. The molecule has 1 atom stereocenters. The third kappa shape index (κ3) is 3.72. The van der Waals surface area contributed by atoms with E-state index in [1.807, 2.05) is 36.4 Å². The summed E-state index contributed by atoms with van der Waals surface area (Å²) in [5.41, 5.74) is 4.18. The largest absolute Gasteiger partial charge is 0.494 e. The fraction of sp³-hybridized carbons (Fsp3) is 0.200. The van der Waals surface area contributed by atoms with Crippen molar-refractivity contribution in [2.24, 2.45) is 0 Å². The maximum Gasteiger partial charge on any atom is 0.171 e. The van der Waals surface area contributed by atoms with Crippen LogP contribution in [0, 0.1) is 6.92 Å². The number of methoxy groups -OCH3 is 1. The van der Waals surface area contributed by atoms with Crippen LogP contribution < -0.4 is 15.4 Å². The highest BCUT2D eigenvalue weighted by molar-refractivity contribution is 7.80. The van der Waals surface area contributed by atoms with Crippen LogP contribution in [0.15, 0.2) is 54.7 Å². The Kier molecular flexibility index (Phi) is 5.14. The molecule has 0 spiro atoms. The van der Waals surface area contributed by atoms with Crippen LogP contribution in [0.5, 0.6) is 5.75 Å². The molecule has 0 aliphatic heterocycles. The SMILES string of the molecule is COc1ccc(NC(=S)NC(C)c2ccccc2C)c2cccnc12. The topological polar surface area (TPSA) is 46.2 Å². The van der Waals surface area contributed by atoms with E-state index in [2.05, 4.69) is 41.6 Å². The van der Waals surface area contributed by atoms with Crippen molar-refractivity contribution in [2.45, 2.75) is 19.9 Å². The first-order valence-corrected chi connectivity index (χ1v) is 8.55. The van der Waals surface area contributed by atoms with Crippen LogP contribution in [0.2, 0.25) is 0 Å². The van der Waals surface area contributed by atoms with E-state index in [1.165, 1.54) is 11.1 Å². The minimum atomic E-state index is 0.115. The molecule has 0 amide bonds. The van der Waals surface area contributed by atoms with Gasteiger partial charge < -0.3 is 15.4 Å². The summed E-state index contributed by atoms with van der Waals surface area (Å²) < 4.78 is 5.38. The molecular formula is C20H21N3OS. The molecule has 2 N–H and O–H groups in total. The molecular weight excluding hydrogens is 330 g/mol. The second-order valence-corrected chi connectivity index (χ2v) is 6.30. The number of hydrogen-bond acceptors (Lipinski definition) is 3. The lowest BCUT2D eigenvalue weighted by molar-refractivity contribution is 0.419. The van der Waals surface area contributed by atoms with Gasteiger partial charge in [0.15, 0.2) is 5.11 Å². The van der Waals surface area contributed by atoms with Gasteiger partial charge in [-0.1, -0.05) is 24.3 Å². The number of anilines is 1. The van der Waals surface area contributed by atoms with Gasteiger partial charge in [-0.3, -0.25) is 4.98 Å². The van der Waals surface area contributed by atoms with Crippen molar-refractivity contribution in [3.63, 3.8) is 0 Å². The molecule has 0 fully saturated rings. The number of rotatable bonds is 4. The maximum atomic E-state index is 5.51.